The Bertz CT molecular complexity index is 621. The van der Waals surface area contributed by atoms with E-state index in [1.165, 1.54) is 0 Å². The topological polar surface area (TPSA) is 37.3 Å². The number of ketones is 1. The zero-order valence-electron chi connectivity index (χ0n) is 10.5. The largest absolute Gasteiger partial charge is 0.380 e. The van der Waals surface area contributed by atoms with E-state index in [-0.39, 0.29) is 5.78 Å². The minimum absolute atomic E-state index is 0.0278. The van der Waals surface area contributed by atoms with Gasteiger partial charge in [0.25, 0.3) is 0 Å². The van der Waals surface area contributed by atoms with Gasteiger partial charge in [-0.2, -0.15) is 0 Å². The van der Waals surface area contributed by atoms with E-state index in [9.17, 15) is 9.90 Å². The van der Waals surface area contributed by atoms with E-state index >= 15 is 0 Å². The third-order valence-corrected chi connectivity index (χ3v) is 3.67. The highest BCUT2D eigenvalue weighted by Crippen LogP contribution is 2.41. The van der Waals surface area contributed by atoms with Gasteiger partial charge in [0.15, 0.2) is 5.78 Å². The third-order valence-electron chi connectivity index (χ3n) is 3.67. The van der Waals surface area contributed by atoms with E-state index in [0.717, 1.165) is 0 Å². The molecular weight excluding hydrogens is 236 g/mol. The number of aliphatic hydroxyl groups is 1. The Morgan fingerprint density at radius 3 is 1.95 bits per heavy atom. The molecule has 0 aliphatic heterocycles. The summed E-state index contributed by atoms with van der Waals surface area (Å²) >= 11 is 0. The molecule has 2 aromatic carbocycles. The molecule has 0 radical (unpaired) electrons. The lowest BCUT2D eigenvalue weighted by Gasteiger charge is -2.35. The number of fused-ring (bicyclic) bond motifs is 2. The second kappa shape index (κ2) is 4.18. The maximum Gasteiger partial charge on any atom is 0.193 e. The van der Waals surface area contributed by atoms with E-state index in [4.69, 9.17) is 0 Å². The fraction of sp³-hybridized carbons (Fsp3) is 0.118. The number of carbonyl (C=O) groups excluding carboxylic acids is 1. The molecule has 1 N–H and O–H groups in total. The normalized spacial score (nSPS) is 15.5. The standard InChI is InChI=1S/C17H14O2/c1-2-11-17(19)14-9-5-3-7-12(14)16(18)13-8-4-6-10-15(13)17/h2-10,19H,1,11H2. The van der Waals surface area contributed by atoms with E-state index in [1.807, 2.05) is 36.4 Å². The van der Waals surface area contributed by atoms with Crippen LogP contribution in [0.1, 0.15) is 33.5 Å². The van der Waals surface area contributed by atoms with Crippen molar-refractivity contribution in [3.05, 3.63) is 83.4 Å². The second-order valence-corrected chi connectivity index (χ2v) is 4.77. The predicted molar refractivity (Wildman–Crippen MR) is 74.1 cm³/mol. The molecule has 0 amide bonds. The third kappa shape index (κ3) is 1.57. The molecule has 2 heteroatoms. The van der Waals surface area contributed by atoms with Crippen molar-refractivity contribution in [3.63, 3.8) is 0 Å². The summed E-state index contributed by atoms with van der Waals surface area (Å²) in [6, 6.07) is 14.5. The van der Waals surface area contributed by atoms with E-state index < -0.39 is 5.60 Å². The van der Waals surface area contributed by atoms with Crippen molar-refractivity contribution >= 4 is 5.78 Å². The van der Waals surface area contributed by atoms with Crippen LogP contribution in [0.15, 0.2) is 61.2 Å². The molecule has 3 rings (SSSR count). The first-order valence-electron chi connectivity index (χ1n) is 6.25. The Morgan fingerprint density at radius 1 is 1.00 bits per heavy atom. The maximum atomic E-state index is 12.5. The van der Waals surface area contributed by atoms with Crippen molar-refractivity contribution in [1.82, 2.24) is 0 Å². The zero-order chi connectivity index (χ0) is 13.5. The quantitative estimate of drug-likeness (QED) is 0.832. The smallest absolute Gasteiger partial charge is 0.193 e. The molecule has 0 spiro atoms. The summed E-state index contributed by atoms with van der Waals surface area (Å²) < 4.78 is 0. The van der Waals surface area contributed by atoms with Gasteiger partial charge < -0.3 is 5.11 Å². The number of benzene rings is 2. The molecule has 0 atom stereocenters. The maximum absolute atomic E-state index is 12.5. The Morgan fingerprint density at radius 2 is 1.47 bits per heavy atom. The molecule has 0 fully saturated rings. The van der Waals surface area contributed by atoms with Crippen molar-refractivity contribution in [2.45, 2.75) is 12.0 Å². The molecule has 0 heterocycles. The molecule has 94 valence electrons. The minimum Gasteiger partial charge on any atom is -0.380 e. The van der Waals surface area contributed by atoms with Crippen molar-refractivity contribution in [2.24, 2.45) is 0 Å². The Hall–Kier alpha value is -2.19. The molecule has 0 unspecified atom stereocenters. The lowest BCUT2D eigenvalue weighted by Crippen LogP contribution is -2.35. The number of hydrogen-bond acceptors (Lipinski definition) is 2. The van der Waals surface area contributed by atoms with Gasteiger partial charge in [0.2, 0.25) is 0 Å². The molecule has 0 aromatic heterocycles. The molecular formula is C17H14O2. The summed E-state index contributed by atoms with van der Waals surface area (Å²) in [5.41, 5.74) is 1.32. The highest BCUT2D eigenvalue weighted by Gasteiger charge is 2.40. The van der Waals surface area contributed by atoms with Crippen LogP contribution in [0.25, 0.3) is 0 Å². The predicted octanol–water partition coefficient (Wildman–Crippen LogP) is 3.04. The number of rotatable bonds is 2. The van der Waals surface area contributed by atoms with Crippen LogP contribution in [0, 0.1) is 0 Å². The van der Waals surface area contributed by atoms with E-state index in [0.29, 0.717) is 28.7 Å². The Labute approximate surface area is 112 Å². The van der Waals surface area contributed by atoms with E-state index in [1.54, 1.807) is 18.2 Å². The number of carbonyl (C=O) groups is 1. The van der Waals surface area contributed by atoms with Crippen LogP contribution in [0.2, 0.25) is 0 Å². The summed E-state index contributed by atoms with van der Waals surface area (Å²) in [5, 5.41) is 11.1. The summed E-state index contributed by atoms with van der Waals surface area (Å²) in [7, 11) is 0. The fourth-order valence-electron chi connectivity index (χ4n) is 2.80. The van der Waals surface area contributed by atoms with Gasteiger partial charge in [-0.25, -0.2) is 0 Å². The Balaban J connectivity index is 2.36. The van der Waals surface area contributed by atoms with Crippen molar-refractivity contribution in [2.75, 3.05) is 0 Å². The van der Waals surface area contributed by atoms with Crippen LogP contribution < -0.4 is 0 Å². The van der Waals surface area contributed by atoms with Crippen LogP contribution in [0.4, 0.5) is 0 Å². The zero-order valence-corrected chi connectivity index (χ0v) is 10.5. The summed E-state index contributed by atoms with van der Waals surface area (Å²) in [6.07, 6.45) is 2.07. The van der Waals surface area contributed by atoms with Gasteiger partial charge >= 0.3 is 0 Å². The van der Waals surface area contributed by atoms with Gasteiger partial charge in [-0.3, -0.25) is 4.79 Å². The van der Waals surface area contributed by atoms with Crippen LogP contribution in [-0.2, 0) is 5.60 Å². The second-order valence-electron chi connectivity index (χ2n) is 4.77. The molecule has 1 aliphatic rings. The average molecular weight is 250 g/mol. The van der Waals surface area contributed by atoms with Crippen molar-refractivity contribution in [1.29, 1.82) is 0 Å². The monoisotopic (exact) mass is 250 g/mol. The molecule has 2 nitrogen and oxygen atoms in total. The van der Waals surface area contributed by atoms with Gasteiger partial charge in [-0.15, -0.1) is 6.58 Å². The molecule has 0 bridgehead atoms. The first kappa shape index (κ1) is 11.9. The molecule has 1 aliphatic carbocycles. The minimum atomic E-state index is -1.16. The first-order chi connectivity index (χ1) is 9.18. The lowest BCUT2D eigenvalue weighted by molar-refractivity contribution is 0.0745. The lowest BCUT2D eigenvalue weighted by atomic mass is 9.72. The van der Waals surface area contributed by atoms with Gasteiger partial charge in [0.1, 0.15) is 5.60 Å². The summed E-state index contributed by atoms with van der Waals surface area (Å²) in [5.74, 6) is -0.0278. The number of hydrogen-bond donors (Lipinski definition) is 1. The summed E-state index contributed by atoms with van der Waals surface area (Å²) in [6.45, 7) is 3.72. The van der Waals surface area contributed by atoms with Gasteiger partial charge in [-0.1, -0.05) is 54.6 Å². The van der Waals surface area contributed by atoms with Crippen molar-refractivity contribution < 1.29 is 9.90 Å². The molecule has 0 saturated carbocycles. The SMILES string of the molecule is C=CCC1(O)c2ccccc2C(=O)c2ccccc21. The fourth-order valence-corrected chi connectivity index (χ4v) is 2.80. The summed E-state index contributed by atoms with van der Waals surface area (Å²) in [4.78, 5) is 12.5. The first-order valence-corrected chi connectivity index (χ1v) is 6.25. The average Bonchev–Trinajstić information content (AvgIpc) is 2.46. The molecule has 0 saturated heterocycles. The van der Waals surface area contributed by atoms with Crippen LogP contribution in [-0.4, -0.2) is 10.9 Å². The highest BCUT2D eigenvalue weighted by molar-refractivity contribution is 6.13. The Kier molecular flexibility index (Phi) is 2.61. The van der Waals surface area contributed by atoms with Crippen molar-refractivity contribution in [3.8, 4) is 0 Å². The van der Waals surface area contributed by atoms with E-state index in [2.05, 4.69) is 6.58 Å². The van der Waals surface area contributed by atoms with Crippen LogP contribution in [0.5, 0.6) is 0 Å². The van der Waals surface area contributed by atoms with Crippen LogP contribution in [0.3, 0.4) is 0 Å². The molecule has 19 heavy (non-hydrogen) atoms. The molecule has 2 aromatic rings. The van der Waals surface area contributed by atoms with Crippen LogP contribution >= 0.6 is 0 Å². The van der Waals surface area contributed by atoms with Gasteiger partial charge in [-0.05, 0) is 11.1 Å². The highest BCUT2D eigenvalue weighted by atomic mass is 16.3. The van der Waals surface area contributed by atoms with Gasteiger partial charge in [0.05, 0.1) is 0 Å². The van der Waals surface area contributed by atoms with Gasteiger partial charge in [0, 0.05) is 17.5 Å².